The van der Waals surface area contributed by atoms with Crippen LogP contribution in [0.5, 0.6) is 0 Å². The Morgan fingerprint density at radius 2 is 1.44 bits per heavy atom. The minimum absolute atomic E-state index is 0.286. The van der Waals surface area contributed by atoms with E-state index in [1.54, 1.807) is 0 Å². The topological polar surface area (TPSA) is 26.0 Å². The van der Waals surface area contributed by atoms with Gasteiger partial charge < -0.3 is 5.73 Å². The van der Waals surface area contributed by atoms with Crippen molar-refractivity contribution in [3.63, 3.8) is 0 Å². The van der Waals surface area contributed by atoms with Crippen LogP contribution in [-0.4, -0.2) is 6.54 Å². The smallest absolute Gasteiger partial charge is 0.0212 e. The molecule has 0 saturated heterocycles. The molecule has 2 N–H and O–H groups in total. The van der Waals surface area contributed by atoms with Gasteiger partial charge in [-0.3, -0.25) is 0 Å². The highest BCUT2D eigenvalue weighted by molar-refractivity contribution is 9.10. The van der Waals surface area contributed by atoms with Crippen molar-refractivity contribution in [1.82, 2.24) is 0 Å². The number of nitrogens with two attached hydrogens (primary N) is 1. The first-order valence-electron chi connectivity index (χ1n) is 5.31. The van der Waals surface area contributed by atoms with E-state index in [9.17, 15) is 0 Å². The summed E-state index contributed by atoms with van der Waals surface area (Å²) in [6.07, 6.45) is 0. The molecule has 2 rings (SSSR count). The Balaban J connectivity index is 2.33. The fourth-order valence-corrected chi connectivity index (χ4v) is 2.11. The normalized spacial score (nSPS) is 12.4. The van der Waals surface area contributed by atoms with Crippen molar-refractivity contribution in [1.29, 1.82) is 0 Å². The van der Waals surface area contributed by atoms with E-state index in [4.69, 9.17) is 5.73 Å². The van der Waals surface area contributed by atoms with Crippen LogP contribution in [0, 0.1) is 0 Å². The average molecular weight is 276 g/mol. The molecular formula is C14H14BrN. The van der Waals surface area contributed by atoms with E-state index in [1.807, 2.05) is 6.07 Å². The van der Waals surface area contributed by atoms with Crippen molar-refractivity contribution in [2.75, 3.05) is 6.54 Å². The van der Waals surface area contributed by atoms with Gasteiger partial charge in [-0.2, -0.15) is 0 Å². The molecule has 0 fully saturated rings. The van der Waals surface area contributed by atoms with Gasteiger partial charge in [0.1, 0.15) is 0 Å². The van der Waals surface area contributed by atoms with Gasteiger partial charge in [-0.05, 0) is 23.3 Å². The fourth-order valence-electron chi connectivity index (χ4n) is 1.85. The Kier molecular flexibility index (Phi) is 3.75. The highest BCUT2D eigenvalue weighted by Gasteiger charge is 2.11. The summed E-state index contributed by atoms with van der Waals surface area (Å²) in [5.74, 6) is 0.286. The van der Waals surface area contributed by atoms with Gasteiger partial charge in [0.2, 0.25) is 0 Å². The van der Waals surface area contributed by atoms with E-state index in [0.717, 1.165) is 4.47 Å². The summed E-state index contributed by atoms with van der Waals surface area (Å²) < 4.78 is 1.10. The zero-order chi connectivity index (χ0) is 11.4. The molecule has 0 aliphatic heterocycles. The maximum Gasteiger partial charge on any atom is 0.0212 e. The molecule has 2 heteroatoms. The lowest BCUT2D eigenvalue weighted by atomic mass is 9.92. The van der Waals surface area contributed by atoms with Gasteiger partial charge in [-0.15, -0.1) is 0 Å². The first-order valence-corrected chi connectivity index (χ1v) is 6.11. The summed E-state index contributed by atoms with van der Waals surface area (Å²) >= 11 is 3.44. The maximum atomic E-state index is 5.86. The lowest BCUT2D eigenvalue weighted by molar-refractivity contribution is 0.819. The van der Waals surface area contributed by atoms with E-state index in [-0.39, 0.29) is 5.92 Å². The van der Waals surface area contributed by atoms with Crippen LogP contribution in [0.2, 0.25) is 0 Å². The zero-order valence-corrected chi connectivity index (χ0v) is 10.5. The van der Waals surface area contributed by atoms with Crippen LogP contribution in [0.1, 0.15) is 17.0 Å². The molecular weight excluding hydrogens is 262 g/mol. The van der Waals surface area contributed by atoms with E-state index >= 15 is 0 Å². The maximum absolute atomic E-state index is 5.86. The molecule has 0 amide bonds. The lowest BCUT2D eigenvalue weighted by Crippen LogP contribution is -2.13. The predicted molar refractivity (Wildman–Crippen MR) is 71.5 cm³/mol. The Morgan fingerprint density at radius 1 is 0.875 bits per heavy atom. The van der Waals surface area contributed by atoms with Crippen LogP contribution in [0.3, 0.4) is 0 Å². The SMILES string of the molecule is NC[C@@H](c1ccccc1)c1ccc(Br)cc1. The number of rotatable bonds is 3. The molecule has 0 saturated carbocycles. The Morgan fingerprint density at radius 3 is 2.00 bits per heavy atom. The molecule has 16 heavy (non-hydrogen) atoms. The minimum atomic E-state index is 0.286. The molecule has 0 spiro atoms. The number of hydrogen-bond acceptors (Lipinski definition) is 1. The summed E-state index contributed by atoms with van der Waals surface area (Å²) in [6, 6.07) is 18.7. The van der Waals surface area contributed by atoms with Crippen LogP contribution in [0.15, 0.2) is 59.1 Å². The van der Waals surface area contributed by atoms with Crippen molar-refractivity contribution in [2.24, 2.45) is 5.73 Å². The first-order chi connectivity index (χ1) is 7.81. The van der Waals surface area contributed by atoms with Crippen molar-refractivity contribution >= 4 is 15.9 Å². The largest absolute Gasteiger partial charge is 0.330 e. The molecule has 0 unspecified atom stereocenters. The highest BCUT2D eigenvalue weighted by atomic mass is 79.9. The monoisotopic (exact) mass is 275 g/mol. The standard InChI is InChI=1S/C14H14BrN/c15-13-8-6-12(7-9-13)14(10-16)11-4-2-1-3-5-11/h1-9,14H,10,16H2/t14-/m0/s1. The molecule has 0 aromatic heterocycles. The minimum Gasteiger partial charge on any atom is -0.330 e. The van der Waals surface area contributed by atoms with Crippen LogP contribution in [-0.2, 0) is 0 Å². The van der Waals surface area contributed by atoms with E-state index < -0.39 is 0 Å². The van der Waals surface area contributed by atoms with Crippen LogP contribution in [0.25, 0.3) is 0 Å². The Labute approximate surface area is 104 Å². The van der Waals surface area contributed by atoms with Gasteiger partial charge in [0.05, 0.1) is 0 Å². The Bertz CT molecular complexity index is 436. The first kappa shape index (κ1) is 11.4. The van der Waals surface area contributed by atoms with Crippen molar-refractivity contribution in [3.8, 4) is 0 Å². The van der Waals surface area contributed by atoms with E-state index in [1.165, 1.54) is 11.1 Å². The number of halogens is 1. The van der Waals surface area contributed by atoms with Crippen molar-refractivity contribution in [2.45, 2.75) is 5.92 Å². The van der Waals surface area contributed by atoms with Gasteiger partial charge in [0.25, 0.3) is 0 Å². The Hall–Kier alpha value is -1.12. The molecule has 0 aliphatic rings. The molecule has 82 valence electrons. The molecule has 1 atom stereocenters. The molecule has 0 aliphatic carbocycles. The van der Waals surface area contributed by atoms with Crippen molar-refractivity contribution < 1.29 is 0 Å². The average Bonchev–Trinajstić information content (AvgIpc) is 2.34. The quantitative estimate of drug-likeness (QED) is 0.911. The fraction of sp³-hybridized carbons (Fsp3) is 0.143. The molecule has 0 bridgehead atoms. The van der Waals surface area contributed by atoms with Crippen molar-refractivity contribution in [3.05, 3.63) is 70.2 Å². The summed E-state index contributed by atoms with van der Waals surface area (Å²) in [6.45, 7) is 0.631. The molecule has 0 radical (unpaired) electrons. The molecule has 1 nitrogen and oxygen atoms in total. The summed E-state index contributed by atoms with van der Waals surface area (Å²) in [5, 5.41) is 0. The van der Waals surface area contributed by atoms with Gasteiger partial charge in [-0.25, -0.2) is 0 Å². The predicted octanol–water partition coefficient (Wildman–Crippen LogP) is 3.54. The van der Waals surface area contributed by atoms with Crippen LogP contribution in [0.4, 0.5) is 0 Å². The van der Waals surface area contributed by atoms with Crippen LogP contribution < -0.4 is 5.73 Å². The third-order valence-electron chi connectivity index (χ3n) is 2.71. The number of hydrogen-bond donors (Lipinski definition) is 1. The lowest BCUT2D eigenvalue weighted by Gasteiger charge is -2.15. The highest BCUT2D eigenvalue weighted by Crippen LogP contribution is 2.24. The van der Waals surface area contributed by atoms with E-state index in [2.05, 4.69) is 64.5 Å². The molecule has 2 aromatic rings. The second kappa shape index (κ2) is 5.28. The summed E-state index contributed by atoms with van der Waals surface area (Å²) in [7, 11) is 0. The molecule has 2 aromatic carbocycles. The number of benzene rings is 2. The second-order valence-corrected chi connectivity index (χ2v) is 4.67. The summed E-state index contributed by atoms with van der Waals surface area (Å²) in [4.78, 5) is 0. The van der Waals surface area contributed by atoms with Gasteiger partial charge in [0, 0.05) is 16.9 Å². The van der Waals surface area contributed by atoms with E-state index in [0.29, 0.717) is 6.54 Å². The molecule has 0 heterocycles. The summed E-state index contributed by atoms with van der Waals surface area (Å²) in [5.41, 5.74) is 8.39. The van der Waals surface area contributed by atoms with Crippen LogP contribution >= 0.6 is 15.9 Å². The zero-order valence-electron chi connectivity index (χ0n) is 8.94. The second-order valence-electron chi connectivity index (χ2n) is 3.75. The van der Waals surface area contributed by atoms with Gasteiger partial charge in [-0.1, -0.05) is 58.4 Å². The van der Waals surface area contributed by atoms with Gasteiger partial charge in [0.15, 0.2) is 0 Å². The third-order valence-corrected chi connectivity index (χ3v) is 3.24. The third kappa shape index (κ3) is 2.52. The van der Waals surface area contributed by atoms with Gasteiger partial charge >= 0.3 is 0 Å².